The van der Waals surface area contributed by atoms with E-state index in [-0.39, 0.29) is 11.7 Å². The Labute approximate surface area is 163 Å². The van der Waals surface area contributed by atoms with Crippen molar-refractivity contribution in [2.75, 3.05) is 48.8 Å². The van der Waals surface area contributed by atoms with Crippen molar-refractivity contribution in [1.29, 1.82) is 0 Å². The first-order valence-electron chi connectivity index (χ1n) is 9.16. The van der Waals surface area contributed by atoms with E-state index >= 15 is 0 Å². The quantitative estimate of drug-likeness (QED) is 0.706. The monoisotopic (exact) mass is 378 g/mol. The summed E-state index contributed by atoms with van der Waals surface area (Å²) in [6.45, 7) is 4.25. The second-order valence-electron chi connectivity index (χ2n) is 6.70. The molecule has 3 heterocycles. The fourth-order valence-corrected chi connectivity index (χ4v) is 3.02. The van der Waals surface area contributed by atoms with Gasteiger partial charge in [0.25, 0.3) is 5.91 Å². The number of hydrogen-bond donors (Lipinski definition) is 2. The third-order valence-electron chi connectivity index (χ3n) is 4.66. The van der Waals surface area contributed by atoms with Gasteiger partial charge >= 0.3 is 0 Å². The molecule has 0 aliphatic carbocycles. The number of piperazine rings is 1. The molecule has 1 amide bonds. The fourth-order valence-electron chi connectivity index (χ4n) is 3.02. The number of rotatable bonds is 5. The number of furan rings is 1. The van der Waals surface area contributed by atoms with Crippen molar-refractivity contribution in [3.63, 3.8) is 0 Å². The highest BCUT2D eigenvalue weighted by molar-refractivity contribution is 6.01. The lowest BCUT2D eigenvalue weighted by molar-refractivity contribution is 0.0996. The molecule has 28 heavy (non-hydrogen) atoms. The molecular weight excluding hydrogens is 356 g/mol. The SMILES string of the molecule is CN1CCN(c2ccc(Nc3ccc(NC(=O)c4ccco4)nn3)cc2)CC1. The summed E-state index contributed by atoms with van der Waals surface area (Å²) in [6.07, 6.45) is 1.45. The average Bonchev–Trinajstić information content (AvgIpc) is 3.26. The summed E-state index contributed by atoms with van der Waals surface area (Å²) >= 11 is 0. The van der Waals surface area contributed by atoms with Crippen molar-refractivity contribution < 1.29 is 9.21 Å². The molecule has 1 saturated heterocycles. The van der Waals surface area contributed by atoms with Crippen molar-refractivity contribution in [3.8, 4) is 0 Å². The number of benzene rings is 1. The number of aromatic nitrogens is 2. The minimum absolute atomic E-state index is 0.226. The first-order valence-corrected chi connectivity index (χ1v) is 9.16. The van der Waals surface area contributed by atoms with Gasteiger partial charge in [0, 0.05) is 37.6 Å². The van der Waals surface area contributed by atoms with Gasteiger partial charge in [0.1, 0.15) is 0 Å². The van der Waals surface area contributed by atoms with Crippen LogP contribution in [0.1, 0.15) is 10.6 Å². The number of amides is 1. The highest BCUT2D eigenvalue weighted by Gasteiger charge is 2.14. The van der Waals surface area contributed by atoms with E-state index < -0.39 is 0 Å². The summed E-state index contributed by atoms with van der Waals surface area (Å²) in [6, 6.07) is 15.0. The maximum absolute atomic E-state index is 11.9. The summed E-state index contributed by atoms with van der Waals surface area (Å²) < 4.78 is 5.05. The molecule has 1 fully saturated rings. The smallest absolute Gasteiger partial charge is 0.292 e. The topological polar surface area (TPSA) is 86.5 Å². The number of hydrogen-bond acceptors (Lipinski definition) is 7. The van der Waals surface area contributed by atoms with Crippen LogP contribution in [0.2, 0.25) is 0 Å². The lowest BCUT2D eigenvalue weighted by atomic mass is 10.2. The molecule has 8 nitrogen and oxygen atoms in total. The molecule has 8 heteroatoms. The summed E-state index contributed by atoms with van der Waals surface area (Å²) in [5.74, 6) is 0.824. The first-order chi connectivity index (χ1) is 13.7. The Morgan fingerprint density at radius 2 is 1.68 bits per heavy atom. The zero-order valence-electron chi connectivity index (χ0n) is 15.6. The van der Waals surface area contributed by atoms with Gasteiger partial charge in [-0.1, -0.05) is 0 Å². The number of nitrogens with one attached hydrogen (secondary N) is 2. The third kappa shape index (κ3) is 4.29. The van der Waals surface area contributed by atoms with Crippen molar-refractivity contribution in [2.45, 2.75) is 0 Å². The van der Waals surface area contributed by atoms with Gasteiger partial charge in [0.15, 0.2) is 17.4 Å². The van der Waals surface area contributed by atoms with Crippen LogP contribution in [0.15, 0.2) is 59.2 Å². The molecule has 2 aromatic heterocycles. The largest absolute Gasteiger partial charge is 0.459 e. The molecule has 0 spiro atoms. The normalized spacial score (nSPS) is 14.7. The second kappa shape index (κ2) is 8.10. The van der Waals surface area contributed by atoms with Crippen LogP contribution in [0, 0.1) is 0 Å². The van der Waals surface area contributed by atoms with Crippen LogP contribution >= 0.6 is 0 Å². The number of likely N-dealkylation sites (N-methyl/N-ethyl adjacent to an activating group) is 1. The Bertz CT molecular complexity index is 901. The van der Waals surface area contributed by atoms with Gasteiger partial charge in [-0.25, -0.2) is 0 Å². The molecule has 0 bridgehead atoms. The number of anilines is 4. The second-order valence-corrected chi connectivity index (χ2v) is 6.70. The minimum atomic E-state index is -0.362. The van der Waals surface area contributed by atoms with E-state index in [1.165, 1.54) is 12.0 Å². The zero-order valence-corrected chi connectivity index (χ0v) is 15.6. The Morgan fingerprint density at radius 3 is 2.32 bits per heavy atom. The molecule has 1 aliphatic rings. The van der Waals surface area contributed by atoms with Gasteiger partial charge in [-0.3, -0.25) is 4.79 Å². The van der Waals surface area contributed by atoms with Crippen LogP contribution < -0.4 is 15.5 Å². The van der Waals surface area contributed by atoms with Gasteiger partial charge in [-0.15, -0.1) is 10.2 Å². The highest BCUT2D eigenvalue weighted by atomic mass is 16.3. The van der Waals surface area contributed by atoms with E-state index in [2.05, 4.69) is 49.8 Å². The molecule has 0 unspecified atom stereocenters. The van der Waals surface area contributed by atoms with E-state index in [9.17, 15) is 4.79 Å². The predicted octanol–water partition coefficient (Wildman–Crippen LogP) is 2.82. The van der Waals surface area contributed by atoms with Crippen LogP contribution in [0.3, 0.4) is 0 Å². The van der Waals surface area contributed by atoms with Crippen LogP contribution in [0.5, 0.6) is 0 Å². The lowest BCUT2D eigenvalue weighted by Crippen LogP contribution is -2.44. The highest BCUT2D eigenvalue weighted by Crippen LogP contribution is 2.21. The molecule has 144 valence electrons. The van der Waals surface area contributed by atoms with Crippen LogP contribution in [0.25, 0.3) is 0 Å². The van der Waals surface area contributed by atoms with E-state index in [1.807, 2.05) is 12.1 Å². The molecule has 0 radical (unpaired) electrons. The maximum Gasteiger partial charge on any atom is 0.292 e. The van der Waals surface area contributed by atoms with Crippen molar-refractivity contribution in [3.05, 3.63) is 60.6 Å². The third-order valence-corrected chi connectivity index (χ3v) is 4.66. The van der Waals surface area contributed by atoms with Crippen molar-refractivity contribution in [2.24, 2.45) is 0 Å². The summed E-state index contributed by atoms with van der Waals surface area (Å²) in [7, 11) is 2.15. The van der Waals surface area contributed by atoms with E-state index in [0.717, 1.165) is 31.9 Å². The van der Waals surface area contributed by atoms with Gasteiger partial charge < -0.3 is 24.9 Å². The van der Waals surface area contributed by atoms with E-state index in [4.69, 9.17) is 4.42 Å². The number of nitrogens with zero attached hydrogens (tertiary/aromatic N) is 4. The Balaban J connectivity index is 1.34. The summed E-state index contributed by atoms with van der Waals surface area (Å²) in [4.78, 5) is 16.7. The molecule has 1 aliphatic heterocycles. The van der Waals surface area contributed by atoms with Gasteiger partial charge in [0.05, 0.1) is 6.26 Å². The number of carbonyl (C=O) groups is 1. The predicted molar refractivity (Wildman–Crippen MR) is 108 cm³/mol. The van der Waals surface area contributed by atoms with Crippen LogP contribution in [-0.2, 0) is 0 Å². The van der Waals surface area contributed by atoms with Crippen molar-refractivity contribution >= 4 is 28.9 Å². The number of carbonyl (C=O) groups excluding carboxylic acids is 1. The van der Waals surface area contributed by atoms with E-state index in [0.29, 0.717) is 11.6 Å². The summed E-state index contributed by atoms with van der Waals surface area (Å²) in [5.41, 5.74) is 2.15. The standard InChI is InChI=1S/C20H22N6O2/c1-25-10-12-26(13-11-25)16-6-4-15(5-7-16)21-18-8-9-19(24-23-18)22-20(27)17-3-2-14-28-17/h2-9,14H,10-13H2,1H3,(H,21,23)(H,22,24,27). The Kier molecular flexibility index (Phi) is 5.20. The molecule has 1 aromatic carbocycles. The first kappa shape index (κ1) is 18.0. The summed E-state index contributed by atoms with van der Waals surface area (Å²) in [5, 5.41) is 14.0. The van der Waals surface area contributed by atoms with Gasteiger partial charge in [-0.2, -0.15) is 0 Å². The fraction of sp³-hybridized carbons (Fsp3) is 0.250. The van der Waals surface area contributed by atoms with E-state index in [1.54, 1.807) is 24.3 Å². The Hall–Kier alpha value is -3.39. The molecule has 4 rings (SSSR count). The molecular formula is C20H22N6O2. The maximum atomic E-state index is 11.9. The van der Waals surface area contributed by atoms with Gasteiger partial charge in [-0.05, 0) is 55.6 Å². The average molecular weight is 378 g/mol. The molecule has 0 saturated carbocycles. The van der Waals surface area contributed by atoms with Gasteiger partial charge in [0.2, 0.25) is 0 Å². The van der Waals surface area contributed by atoms with Crippen LogP contribution in [0.4, 0.5) is 23.0 Å². The molecule has 2 N–H and O–H groups in total. The molecule has 0 atom stereocenters. The Morgan fingerprint density at radius 1 is 0.964 bits per heavy atom. The lowest BCUT2D eigenvalue weighted by Gasteiger charge is -2.34. The minimum Gasteiger partial charge on any atom is -0.459 e. The zero-order chi connectivity index (χ0) is 19.3. The molecule has 3 aromatic rings. The van der Waals surface area contributed by atoms with Crippen LogP contribution in [-0.4, -0.2) is 54.2 Å². The van der Waals surface area contributed by atoms with Crippen molar-refractivity contribution in [1.82, 2.24) is 15.1 Å².